The van der Waals surface area contributed by atoms with Crippen molar-refractivity contribution in [2.75, 3.05) is 26.3 Å². The second-order valence-electron chi connectivity index (χ2n) is 7.05. The van der Waals surface area contributed by atoms with Crippen LogP contribution in [0.1, 0.15) is 51.2 Å². The molecule has 148 valence electrons. The van der Waals surface area contributed by atoms with Crippen LogP contribution in [0.3, 0.4) is 0 Å². The maximum atomic E-state index is 5.66. The average Bonchev–Trinajstić information content (AvgIpc) is 3.28. The fourth-order valence-corrected chi connectivity index (χ4v) is 3.42. The summed E-state index contributed by atoms with van der Waals surface area (Å²) in [6.07, 6.45) is 9.74. The van der Waals surface area contributed by atoms with Crippen molar-refractivity contribution in [1.82, 2.24) is 10.6 Å². The van der Waals surface area contributed by atoms with Crippen LogP contribution in [-0.4, -0.2) is 44.1 Å². The molecule has 1 saturated heterocycles. The van der Waals surface area contributed by atoms with Gasteiger partial charge in [-0.1, -0.05) is 19.3 Å². The van der Waals surface area contributed by atoms with E-state index in [0.717, 1.165) is 31.1 Å². The first-order chi connectivity index (χ1) is 12.2. The van der Waals surface area contributed by atoms with E-state index in [1.165, 1.54) is 32.1 Å². The Bertz CT molecular complexity index is 524. The molecule has 6 nitrogen and oxygen atoms in total. The molecule has 2 N–H and O–H groups in total. The molecule has 0 aromatic carbocycles. The van der Waals surface area contributed by atoms with E-state index in [0.29, 0.717) is 25.8 Å². The summed E-state index contributed by atoms with van der Waals surface area (Å²) >= 11 is 0. The summed E-state index contributed by atoms with van der Waals surface area (Å²) in [5.74, 6) is 1.40. The van der Waals surface area contributed by atoms with Crippen LogP contribution >= 0.6 is 24.0 Å². The van der Waals surface area contributed by atoms with Gasteiger partial charge in [0.15, 0.2) is 11.7 Å². The highest BCUT2D eigenvalue weighted by Gasteiger charge is 2.30. The van der Waals surface area contributed by atoms with E-state index in [-0.39, 0.29) is 24.0 Å². The highest BCUT2D eigenvalue weighted by Crippen LogP contribution is 2.22. The lowest BCUT2D eigenvalue weighted by atomic mass is 9.96. The molecule has 0 atom stereocenters. The number of aliphatic imine (C=N–C) groups is 1. The number of halogens is 1. The molecule has 2 fully saturated rings. The monoisotopic (exact) mass is 477 g/mol. The molecule has 2 heterocycles. The third kappa shape index (κ3) is 7.08. The lowest BCUT2D eigenvalue weighted by Gasteiger charge is -2.25. The van der Waals surface area contributed by atoms with E-state index in [2.05, 4.69) is 10.6 Å². The maximum absolute atomic E-state index is 5.66. The van der Waals surface area contributed by atoms with Crippen LogP contribution in [-0.2, 0) is 15.9 Å². The fourth-order valence-electron chi connectivity index (χ4n) is 3.42. The zero-order chi connectivity index (χ0) is 17.4. The van der Waals surface area contributed by atoms with Gasteiger partial charge in [0.2, 0.25) is 0 Å². The summed E-state index contributed by atoms with van der Waals surface area (Å²) in [6.45, 7) is 4.83. The Hall–Kier alpha value is -0.800. The third-order valence-corrected chi connectivity index (χ3v) is 4.92. The van der Waals surface area contributed by atoms with Gasteiger partial charge in [-0.05, 0) is 31.9 Å². The van der Waals surface area contributed by atoms with Crippen molar-refractivity contribution in [3.8, 4) is 0 Å². The Labute approximate surface area is 173 Å². The number of rotatable bonds is 7. The first-order valence-electron chi connectivity index (χ1n) is 9.59. The molecule has 26 heavy (non-hydrogen) atoms. The summed E-state index contributed by atoms with van der Waals surface area (Å²) in [6, 6.07) is 4.45. The van der Waals surface area contributed by atoms with Gasteiger partial charge in [-0.3, -0.25) is 4.99 Å². The molecule has 0 amide bonds. The van der Waals surface area contributed by atoms with Gasteiger partial charge in [0, 0.05) is 32.0 Å². The third-order valence-electron chi connectivity index (χ3n) is 4.92. The number of nitrogens with one attached hydrogen (secondary N) is 2. The molecule has 1 aromatic heterocycles. The molecule has 0 radical (unpaired) electrons. The van der Waals surface area contributed by atoms with Crippen LogP contribution in [0.25, 0.3) is 0 Å². The normalized spacial score (nSPS) is 20.6. The van der Waals surface area contributed by atoms with E-state index in [1.54, 1.807) is 6.26 Å². The fraction of sp³-hybridized carbons (Fsp3) is 0.737. The number of furan rings is 1. The smallest absolute Gasteiger partial charge is 0.191 e. The predicted molar refractivity (Wildman–Crippen MR) is 113 cm³/mol. The van der Waals surface area contributed by atoms with Gasteiger partial charge in [-0.2, -0.15) is 0 Å². The molecule has 1 aliphatic carbocycles. The standard InChI is InChI=1S/C19H31N3O3.HI/c1-19(24-14-15-25-19)10-12-21-18(22-16-6-3-2-4-7-16)20-11-9-17-8-5-13-23-17;/h5,8,13,16H,2-4,6-7,9-12,14-15H2,1H3,(H2,20,21,22);1H. The Morgan fingerprint density at radius 3 is 2.69 bits per heavy atom. The maximum Gasteiger partial charge on any atom is 0.191 e. The van der Waals surface area contributed by atoms with Crippen LogP contribution in [0.4, 0.5) is 0 Å². The number of guanidine groups is 1. The minimum absolute atomic E-state index is 0. The van der Waals surface area contributed by atoms with Gasteiger partial charge in [0.25, 0.3) is 0 Å². The predicted octanol–water partition coefficient (Wildman–Crippen LogP) is 3.46. The van der Waals surface area contributed by atoms with Gasteiger partial charge in [-0.15, -0.1) is 24.0 Å². The highest BCUT2D eigenvalue weighted by molar-refractivity contribution is 14.0. The molecular formula is C19H32IN3O3. The zero-order valence-electron chi connectivity index (χ0n) is 15.7. The van der Waals surface area contributed by atoms with Crippen LogP contribution in [0.2, 0.25) is 0 Å². The molecule has 1 aliphatic heterocycles. The quantitative estimate of drug-likeness (QED) is 0.358. The molecule has 0 spiro atoms. The van der Waals surface area contributed by atoms with E-state index < -0.39 is 5.79 Å². The van der Waals surface area contributed by atoms with Crippen molar-refractivity contribution in [3.63, 3.8) is 0 Å². The van der Waals surface area contributed by atoms with Crippen LogP contribution in [0.15, 0.2) is 27.8 Å². The Kier molecular flexibility index (Phi) is 9.21. The first kappa shape index (κ1) is 21.5. The van der Waals surface area contributed by atoms with Crippen LogP contribution < -0.4 is 10.6 Å². The summed E-state index contributed by atoms with van der Waals surface area (Å²) in [7, 11) is 0. The Balaban J connectivity index is 0.00000243. The zero-order valence-corrected chi connectivity index (χ0v) is 18.0. The SMILES string of the molecule is CC1(CCN=C(NCCc2ccco2)NC2CCCCC2)OCCO1.I. The van der Waals surface area contributed by atoms with Gasteiger partial charge in [-0.25, -0.2) is 0 Å². The van der Waals surface area contributed by atoms with Gasteiger partial charge >= 0.3 is 0 Å². The van der Waals surface area contributed by atoms with Crippen LogP contribution in [0.5, 0.6) is 0 Å². The van der Waals surface area contributed by atoms with Crippen molar-refractivity contribution in [2.24, 2.45) is 4.99 Å². The van der Waals surface area contributed by atoms with Gasteiger partial charge in [0.1, 0.15) is 5.76 Å². The lowest BCUT2D eigenvalue weighted by Crippen LogP contribution is -2.45. The molecule has 0 unspecified atom stereocenters. The second kappa shape index (κ2) is 11.1. The summed E-state index contributed by atoms with van der Waals surface area (Å²) in [4.78, 5) is 4.75. The molecule has 3 rings (SSSR count). The second-order valence-corrected chi connectivity index (χ2v) is 7.05. The van der Waals surface area contributed by atoms with E-state index in [1.807, 2.05) is 19.1 Å². The minimum Gasteiger partial charge on any atom is -0.469 e. The average molecular weight is 477 g/mol. The number of hydrogen-bond donors (Lipinski definition) is 2. The topological polar surface area (TPSA) is 68.0 Å². The highest BCUT2D eigenvalue weighted by atomic mass is 127. The molecule has 1 saturated carbocycles. The lowest BCUT2D eigenvalue weighted by molar-refractivity contribution is -0.144. The summed E-state index contributed by atoms with van der Waals surface area (Å²) in [5, 5.41) is 7.04. The summed E-state index contributed by atoms with van der Waals surface area (Å²) < 4.78 is 16.7. The Morgan fingerprint density at radius 2 is 2.00 bits per heavy atom. The van der Waals surface area contributed by atoms with Crippen molar-refractivity contribution in [2.45, 2.75) is 63.7 Å². The summed E-state index contributed by atoms with van der Waals surface area (Å²) in [5.41, 5.74) is 0. The number of nitrogens with zero attached hydrogens (tertiary/aromatic N) is 1. The molecule has 2 aliphatic rings. The van der Waals surface area contributed by atoms with Crippen molar-refractivity contribution in [3.05, 3.63) is 24.2 Å². The number of hydrogen-bond acceptors (Lipinski definition) is 4. The minimum atomic E-state index is -0.479. The van der Waals surface area contributed by atoms with Gasteiger partial charge < -0.3 is 24.5 Å². The number of ether oxygens (including phenoxy) is 2. The van der Waals surface area contributed by atoms with Crippen LogP contribution in [0, 0.1) is 0 Å². The molecule has 0 bridgehead atoms. The van der Waals surface area contributed by atoms with Crippen molar-refractivity contribution < 1.29 is 13.9 Å². The van der Waals surface area contributed by atoms with Gasteiger partial charge in [0.05, 0.1) is 19.5 Å². The molecule has 7 heteroatoms. The largest absolute Gasteiger partial charge is 0.469 e. The van der Waals surface area contributed by atoms with E-state index in [4.69, 9.17) is 18.9 Å². The van der Waals surface area contributed by atoms with E-state index in [9.17, 15) is 0 Å². The van der Waals surface area contributed by atoms with Crippen molar-refractivity contribution >= 4 is 29.9 Å². The molecular weight excluding hydrogens is 445 g/mol. The van der Waals surface area contributed by atoms with E-state index >= 15 is 0 Å². The van der Waals surface area contributed by atoms with Crippen molar-refractivity contribution in [1.29, 1.82) is 0 Å². The first-order valence-corrected chi connectivity index (χ1v) is 9.59. The molecule has 1 aromatic rings. The Morgan fingerprint density at radius 1 is 1.23 bits per heavy atom.